The zero-order chi connectivity index (χ0) is 22.1. The van der Waals surface area contributed by atoms with Crippen LogP contribution < -0.4 is 16.3 Å². The van der Waals surface area contributed by atoms with Crippen molar-refractivity contribution < 1.29 is 9.53 Å². The zero-order valence-corrected chi connectivity index (χ0v) is 18.7. The van der Waals surface area contributed by atoms with Gasteiger partial charge in [-0.05, 0) is 61.0 Å². The number of para-hydroxylation sites is 1. The molecule has 0 aliphatic rings. The summed E-state index contributed by atoms with van der Waals surface area (Å²) in [6.07, 6.45) is 0. The van der Waals surface area contributed by atoms with E-state index in [1.54, 1.807) is 36.4 Å². The lowest BCUT2D eigenvalue weighted by Gasteiger charge is -2.18. The van der Waals surface area contributed by atoms with Crippen LogP contribution >= 0.6 is 15.9 Å². The van der Waals surface area contributed by atoms with E-state index in [4.69, 9.17) is 16.3 Å². The second-order valence-electron chi connectivity index (χ2n) is 6.63. The molecule has 0 aromatic heterocycles. The van der Waals surface area contributed by atoms with Crippen LogP contribution in [0.5, 0.6) is 5.75 Å². The van der Waals surface area contributed by atoms with Crippen molar-refractivity contribution in [3.05, 3.63) is 106 Å². The maximum absolute atomic E-state index is 12.1. The number of ether oxygens (including phenoxy) is 1. The number of carbonyl (C=O) groups excluding carboxylic acids is 1. The Kier molecular flexibility index (Phi) is 8.65. The number of anilines is 1. The Morgan fingerprint density at radius 1 is 1.03 bits per heavy atom. The molecule has 6 heteroatoms. The topological polar surface area (TPSA) is 81.6 Å². The molecule has 0 heterocycles. The van der Waals surface area contributed by atoms with Gasteiger partial charge in [0.2, 0.25) is 0 Å². The van der Waals surface area contributed by atoms with E-state index < -0.39 is 0 Å². The maximum atomic E-state index is 12.1. The number of hydrogen-bond acceptors (Lipinski definition) is 5. The standard InChI is InChI=1S/C13H10BrNO.C11H16N2O/c14-10-7-5-9(6-8-10)13(16)11-3-1-2-4-12(11)15;1-9(2)13(12)8-10-4-6-11(14-3)7-5-10/h1-8H,15H2;4-7H,1,8,12H2,2-3H3. The molecule has 3 aromatic rings. The van der Waals surface area contributed by atoms with Crippen molar-refractivity contribution in [3.8, 4) is 5.75 Å². The Hall–Kier alpha value is -3.09. The summed E-state index contributed by atoms with van der Waals surface area (Å²) in [5.74, 6) is 6.53. The summed E-state index contributed by atoms with van der Waals surface area (Å²) in [4.78, 5) is 12.1. The van der Waals surface area contributed by atoms with Gasteiger partial charge in [0, 0.05) is 27.0 Å². The molecule has 0 saturated heterocycles. The van der Waals surface area contributed by atoms with E-state index in [1.807, 2.05) is 55.5 Å². The Morgan fingerprint density at radius 3 is 2.17 bits per heavy atom. The fourth-order valence-corrected chi connectivity index (χ4v) is 2.79. The van der Waals surface area contributed by atoms with Crippen LogP contribution in [0.4, 0.5) is 5.69 Å². The summed E-state index contributed by atoms with van der Waals surface area (Å²) >= 11 is 3.33. The van der Waals surface area contributed by atoms with Gasteiger partial charge in [0.05, 0.1) is 13.7 Å². The molecule has 0 amide bonds. The van der Waals surface area contributed by atoms with Gasteiger partial charge in [-0.1, -0.05) is 46.8 Å². The molecule has 0 saturated carbocycles. The first kappa shape index (κ1) is 23.2. The van der Waals surface area contributed by atoms with Crippen molar-refractivity contribution >= 4 is 27.4 Å². The van der Waals surface area contributed by atoms with Crippen molar-refractivity contribution in [3.63, 3.8) is 0 Å². The van der Waals surface area contributed by atoms with Crippen LogP contribution in [0.2, 0.25) is 0 Å². The molecule has 5 nitrogen and oxygen atoms in total. The molecule has 0 spiro atoms. The van der Waals surface area contributed by atoms with Crippen molar-refractivity contribution in [2.45, 2.75) is 13.5 Å². The number of carbonyl (C=O) groups is 1. The van der Waals surface area contributed by atoms with E-state index in [1.165, 1.54) is 0 Å². The highest BCUT2D eigenvalue weighted by Gasteiger charge is 2.11. The summed E-state index contributed by atoms with van der Waals surface area (Å²) in [5, 5.41) is 1.61. The van der Waals surface area contributed by atoms with Gasteiger partial charge in [0.1, 0.15) is 5.75 Å². The number of halogens is 1. The predicted molar refractivity (Wildman–Crippen MR) is 126 cm³/mol. The van der Waals surface area contributed by atoms with Crippen LogP contribution in [-0.4, -0.2) is 17.9 Å². The molecule has 3 rings (SSSR count). The van der Waals surface area contributed by atoms with E-state index >= 15 is 0 Å². The van der Waals surface area contributed by atoms with Crippen LogP contribution in [-0.2, 0) is 6.54 Å². The first-order valence-electron chi connectivity index (χ1n) is 9.27. The van der Waals surface area contributed by atoms with Crippen LogP contribution in [0, 0.1) is 0 Å². The molecule has 0 aliphatic heterocycles. The number of hydrazine groups is 1. The van der Waals surface area contributed by atoms with Gasteiger partial charge in [-0.25, -0.2) is 5.84 Å². The molecule has 0 fully saturated rings. The summed E-state index contributed by atoms with van der Waals surface area (Å²) in [6, 6.07) is 22.1. The second-order valence-corrected chi connectivity index (χ2v) is 7.55. The van der Waals surface area contributed by atoms with Gasteiger partial charge in [-0.15, -0.1) is 0 Å². The van der Waals surface area contributed by atoms with Crippen molar-refractivity contribution in [1.29, 1.82) is 0 Å². The Labute approximate surface area is 186 Å². The van der Waals surface area contributed by atoms with E-state index in [0.29, 0.717) is 23.4 Å². The lowest BCUT2D eigenvalue weighted by molar-refractivity contribution is 0.103. The number of allylic oxidation sites excluding steroid dienone is 1. The number of ketones is 1. The molecule has 0 bridgehead atoms. The van der Waals surface area contributed by atoms with E-state index in [-0.39, 0.29) is 5.78 Å². The predicted octanol–water partition coefficient (Wildman–Crippen LogP) is 5.17. The smallest absolute Gasteiger partial charge is 0.195 e. The Bertz CT molecular complexity index is 986. The molecule has 0 aliphatic carbocycles. The first-order valence-corrected chi connectivity index (χ1v) is 10.1. The summed E-state index contributed by atoms with van der Waals surface area (Å²) in [7, 11) is 1.65. The molecule has 4 N–H and O–H groups in total. The minimum absolute atomic E-state index is 0.0504. The van der Waals surface area contributed by atoms with E-state index in [2.05, 4.69) is 22.5 Å². The van der Waals surface area contributed by atoms with Crippen LogP contribution in [0.3, 0.4) is 0 Å². The van der Waals surface area contributed by atoms with Gasteiger partial charge in [0.25, 0.3) is 0 Å². The van der Waals surface area contributed by atoms with Gasteiger partial charge >= 0.3 is 0 Å². The number of nitrogens with two attached hydrogens (primary N) is 2. The number of hydrogen-bond donors (Lipinski definition) is 2. The van der Waals surface area contributed by atoms with Crippen molar-refractivity contribution in [2.75, 3.05) is 12.8 Å². The highest BCUT2D eigenvalue weighted by Crippen LogP contribution is 2.18. The first-order chi connectivity index (χ1) is 14.3. The minimum atomic E-state index is -0.0504. The van der Waals surface area contributed by atoms with Crippen molar-refractivity contribution in [2.24, 2.45) is 5.84 Å². The van der Waals surface area contributed by atoms with Gasteiger partial charge in [0.15, 0.2) is 5.78 Å². The van der Waals surface area contributed by atoms with Crippen LogP contribution in [0.15, 0.2) is 89.5 Å². The number of benzene rings is 3. The summed E-state index contributed by atoms with van der Waals surface area (Å²) in [6.45, 7) is 6.31. The third kappa shape index (κ3) is 6.76. The number of methoxy groups -OCH3 is 1. The third-order valence-electron chi connectivity index (χ3n) is 4.31. The van der Waals surface area contributed by atoms with E-state index in [9.17, 15) is 4.79 Å². The average Bonchev–Trinajstić information content (AvgIpc) is 2.75. The minimum Gasteiger partial charge on any atom is -0.497 e. The lowest BCUT2D eigenvalue weighted by Crippen LogP contribution is -2.27. The molecule has 0 unspecified atom stereocenters. The number of nitrogens with zero attached hydrogens (tertiary/aromatic N) is 1. The van der Waals surface area contributed by atoms with Gasteiger partial charge < -0.3 is 15.5 Å². The van der Waals surface area contributed by atoms with Gasteiger partial charge in [-0.3, -0.25) is 4.79 Å². The van der Waals surface area contributed by atoms with Crippen LogP contribution in [0.1, 0.15) is 28.4 Å². The molecule has 30 heavy (non-hydrogen) atoms. The largest absolute Gasteiger partial charge is 0.497 e. The lowest BCUT2D eigenvalue weighted by atomic mass is 10.0. The monoisotopic (exact) mass is 467 g/mol. The number of nitrogen functional groups attached to an aromatic ring is 1. The average molecular weight is 468 g/mol. The molecule has 156 valence electrons. The Balaban J connectivity index is 0.000000216. The molecular weight excluding hydrogens is 442 g/mol. The second kappa shape index (κ2) is 11.2. The summed E-state index contributed by atoms with van der Waals surface area (Å²) < 4.78 is 6.01. The SMILES string of the molecule is C=C(C)N(N)Cc1ccc(OC)cc1.Nc1ccccc1C(=O)c1ccc(Br)cc1. The highest BCUT2D eigenvalue weighted by molar-refractivity contribution is 9.10. The number of rotatable bonds is 6. The maximum Gasteiger partial charge on any atom is 0.195 e. The zero-order valence-electron chi connectivity index (χ0n) is 17.1. The quantitative estimate of drug-likeness (QED) is 0.226. The van der Waals surface area contributed by atoms with Gasteiger partial charge in [-0.2, -0.15) is 0 Å². The summed E-state index contributed by atoms with van der Waals surface area (Å²) in [5.41, 5.74) is 9.44. The fourth-order valence-electron chi connectivity index (χ4n) is 2.52. The molecular formula is C24H26BrN3O2. The molecule has 0 atom stereocenters. The fraction of sp³-hybridized carbons (Fsp3) is 0.125. The van der Waals surface area contributed by atoms with Crippen molar-refractivity contribution in [1.82, 2.24) is 5.01 Å². The third-order valence-corrected chi connectivity index (χ3v) is 4.84. The van der Waals surface area contributed by atoms with E-state index in [0.717, 1.165) is 21.5 Å². The Morgan fingerprint density at radius 2 is 1.63 bits per heavy atom. The molecule has 3 aromatic carbocycles. The normalized spacial score (nSPS) is 9.87. The van der Waals surface area contributed by atoms with Crippen LogP contribution in [0.25, 0.3) is 0 Å². The molecule has 0 radical (unpaired) electrons. The highest BCUT2D eigenvalue weighted by atomic mass is 79.9.